The summed E-state index contributed by atoms with van der Waals surface area (Å²) in [6.45, 7) is 0. The highest BCUT2D eigenvalue weighted by molar-refractivity contribution is 7.24. The van der Waals surface area contributed by atoms with Gasteiger partial charge in [-0.2, -0.15) is 0 Å². The molecule has 1 spiro atoms. The molecule has 0 unspecified atom stereocenters. The third-order valence-corrected chi connectivity index (χ3v) is 19.1. The van der Waals surface area contributed by atoms with Crippen LogP contribution >= 0.6 is 0 Å². The standard InChI is InChI=1S/C60H38N2Si/c1-3-17-39(18-4-1)41-35-42(40-19-5-2-6-20-40)37-44(36-41)62-52-27-13-8-25-50(52)60-54(62)34-33-53-59(60)49-24-7-12-26-51(49)61(53)43-31-32-48-47-23-11-16-30-57(47)63(58(48)38-43)55-28-14-9-21-45(55)46-22-10-15-29-56(46)63/h1-38H. The maximum atomic E-state index is 2.57. The lowest BCUT2D eigenvalue weighted by atomic mass is 9.98. The molecule has 14 rings (SSSR count). The van der Waals surface area contributed by atoms with E-state index in [1.54, 1.807) is 0 Å². The maximum Gasteiger partial charge on any atom is 0.182 e. The van der Waals surface area contributed by atoms with Gasteiger partial charge in [-0.15, -0.1) is 0 Å². The van der Waals surface area contributed by atoms with E-state index in [-0.39, 0.29) is 0 Å². The average Bonchev–Trinajstić information content (AvgIpc) is 4.06. The van der Waals surface area contributed by atoms with Crippen LogP contribution in [0.15, 0.2) is 231 Å². The summed E-state index contributed by atoms with van der Waals surface area (Å²) >= 11 is 0. The van der Waals surface area contributed by atoms with Crippen LogP contribution in [0.25, 0.3) is 99.5 Å². The number of hydrogen-bond acceptors (Lipinski definition) is 0. The summed E-state index contributed by atoms with van der Waals surface area (Å²) in [7, 11) is -2.62. The predicted molar refractivity (Wildman–Crippen MR) is 268 cm³/mol. The highest BCUT2D eigenvalue weighted by atomic mass is 28.3. The van der Waals surface area contributed by atoms with E-state index in [0.29, 0.717) is 0 Å². The summed E-state index contributed by atoms with van der Waals surface area (Å²) in [6, 6.07) is 86.4. The van der Waals surface area contributed by atoms with Crippen LogP contribution in [0.5, 0.6) is 0 Å². The fraction of sp³-hybridized carbons (Fsp3) is 0. The smallest absolute Gasteiger partial charge is 0.182 e. The van der Waals surface area contributed by atoms with Crippen molar-refractivity contribution in [3.05, 3.63) is 231 Å². The third kappa shape index (κ3) is 4.66. The molecule has 0 fully saturated rings. The zero-order valence-corrected chi connectivity index (χ0v) is 35.3. The fourth-order valence-electron chi connectivity index (χ4n) is 11.6. The number of fused-ring (bicyclic) bond motifs is 17. The molecule has 10 aromatic carbocycles. The van der Waals surface area contributed by atoms with Gasteiger partial charge in [0, 0.05) is 32.9 Å². The second kappa shape index (κ2) is 13.0. The highest BCUT2D eigenvalue weighted by Crippen LogP contribution is 2.44. The lowest BCUT2D eigenvalue weighted by Gasteiger charge is -2.28. The van der Waals surface area contributed by atoms with Crippen LogP contribution < -0.4 is 20.7 Å². The van der Waals surface area contributed by atoms with Gasteiger partial charge in [-0.3, -0.25) is 0 Å². The Bertz CT molecular complexity index is 3730. The molecule has 63 heavy (non-hydrogen) atoms. The zero-order chi connectivity index (χ0) is 41.2. The molecule has 2 aromatic heterocycles. The lowest BCUT2D eigenvalue weighted by Crippen LogP contribution is -2.70. The van der Waals surface area contributed by atoms with Crippen LogP contribution in [0.2, 0.25) is 0 Å². The summed E-state index contributed by atoms with van der Waals surface area (Å²) in [6.07, 6.45) is 0. The number of nitrogens with zero attached hydrogens (tertiary/aromatic N) is 2. The summed E-state index contributed by atoms with van der Waals surface area (Å²) in [5, 5.41) is 11.1. The Hall–Kier alpha value is -7.98. The van der Waals surface area contributed by atoms with Crippen molar-refractivity contribution < 1.29 is 0 Å². The summed E-state index contributed by atoms with van der Waals surface area (Å²) in [5.74, 6) is 0. The van der Waals surface area contributed by atoms with Crippen molar-refractivity contribution in [1.82, 2.24) is 9.13 Å². The first-order valence-electron chi connectivity index (χ1n) is 21.9. The third-order valence-electron chi connectivity index (χ3n) is 14.1. The van der Waals surface area contributed by atoms with Crippen molar-refractivity contribution in [2.45, 2.75) is 0 Å². The summed E-state index contributed by atoms with van der Waals surface area (Å²) < 4.78 is 5.03. The number of para-hydroxylation sites is 2. The maximum absolute atomic E-state index is 2.62. The van der Waals surface area contributed by atoms with E-state index in [9.17, 15) is 0 Å². The molecule has 2 aliphatic heterocycles. The van der Waals surface area contributed by atoms with Crippen molar-refractivity contribution in [3.63, 3.8) is 0 Å². The Balaban J connectivity index is 1.05. The van der Waals surface area contributed by atoms with E-state index < -0.39 is 8.07 Å². The van der Waals surface area contributed by atoms with Crippen LogP contribution in [-0.4, -0.2) is 17.2 Å². The molecule has 0 atom stereocenters. The van der Waals surface area contributed by atoms with Gasteiger partial charge in [0.05, 0.1) is 22.1 Å². The minimum atomic E-state index is -2.62. The summed E-state index contributed by atoms with van der Waals surface area (Å²) in [4.78, 5) is 0. The topological polar surface area (TPSA) is 9.86 Å². The molecular weight excluding hydrogens is 777 g/mol. The van der Waals surface area contributed by atoms with Gasteiger partial charge in [0.1, 0.15) is 0 Å². The monoisotopic (exact) mass is 814 g/mol. The van der Waals surface area contributed by atoms with Crippen molar-refractivity contribution in [2.75, 3.05) is 0 Å². The molecule has 0 radical (unpaired) electrons. The number of benzene rings is 10. The Labute approximate surface area is 366 Å². The van der Waals surface area contributed by atoms with E-state index in [1.165, 1.54) is 115 Å². The van der Waals surface area contributed by atoms with E-state index in [1.807, 2.05) is 0 Å². The molecule has 3 heteroatoms. The Morgan fingerprint density at radius 3 is 1.17 bits per heavy atom. The molecule has 0 amide bonds. The predicted octanol–water partition coefficient (Wildman–Crippen LogP) is 12.6. The number of rotatable bonds is 4. The fourth-order valence-corrected chi connectivity index (χ4v) is 17.3. The highest BCUT2D eigenvalue weighted by Gasteiger charge is 2.53. The molecule has 292 valence electrons. The number of hydrogen-bond donors (Lipinski definition) is 0. The molecule has 0 saturated heterocycles. The van der Waals surface area contributed by atoms with Gasteiger partial charge in [-0.1, -0.05) is 176 Å². The van der Waals surface area contributed by atoms with Gasteiger partial charge < -0.3 is 9.13 Å². The van der Waals surface area contributed by atoms with Gasteiger partial charge in [0.2, 0.25) is 0 Å². The number of aromatic nitrogens is 2. The van der Waals surface area contributed by atoms with Crippen molar-refractivity contribution >= 4 is 72.4 Å². The molecule has 4 heterocycles. The van der Waals surface area contributed by atoms with Crippen LogP contribution in [0.4, 0.5) is 0 Å². The van der Waals surface area contributed by atoms with E-state index in [2.05, 4.69) is 240 Å². The largest absolute Gasteiger partial charge is 0.309 e. The second-order valence-corrected chi connectivity index (χ2v) is 20.8. The molecule has 12 aromatic rings. The molecule has 0 aliphatic carbocycles. The van der Waals surface area contributed by atoms with Crippen LogP contribution in [0.3, 0.4) is 0 Å². The molecule has 0 saturated carbocycles. The van der Waals surface area contributed by atoms with Crippen LogP contribution in [-0.2, 0) is 0 Å². The van der Waals surface area contributed by atoms with Crippen molar-refractivity contribution in [3.8, 4) is 55.9 Å². The molecule has 2 aliphatic rings. The van der Waals surface area contributed by atoms with Gasteiger partial charge in [0.15, 0.2) is 8.07 Å². The van der Waals surface area contributed by atoms with E-state index in [0.717, 1.165) is 5.69 Å². The van der Waals surface area contributed by atoms with Gasteiger partial charge in [0.25, 0.3) is 0 Å². The van der Waals surface area contributed by atoms with E-state index in [4.69, 9.17) is 0 Å². The molecular formula is C60H38N2Si. The zero-order valence-electron chi connectivity index (χ0n) is 34.3. The first-order valence-corrected chi connectivity index (χ1v) is 23.9. The lowest BCUT2D eigenvalue weighted by molar-refractivity contribution is 1.17. The Morgan fingerprint density at radius 2 is 0.667 bits per heavy atom. The molecule has 2 nitrogen and oxygen atoms in total. The second-order valence-electron chi connectivity index (χ2n) is 17.2. The van der Waals surface area contributed by atoms with Gasteiger partial charge in [-0.25, -0.2) is 0 Å². The minimum Gasteiger partial charge on any atom is -0.309 e. The SMILES string of the molecule is c1ccc(-c2cc(-c3ccccc3)cc(-n3c4ccccc4c4c5c6ccccc6n(-c6ccc7c(c6)[Si]6(c8ccccc8-c8ccccc86)c6ccccc6-7)c5ccc43)c2)cc1. The Morgan fingerprint density at radius 1 is 0.254 bits per heavy atom. The Kier molecular flexibility index (Phi) is 7.17. The van der Waals surface area contributed by atoms with E-state index >= 15 is 0 Å². The van der Waals surface area contributed by atoms with Crippen LogP contribution in [0.1, 0.15) is 0 Å². The normalized spacial score (nSPS) is 13.2. The minimum absolute atomic E-state index is 1.15. The average molecular weight is 815 g/mol. The summed E-state index contributed by atoms with van der Waals surface area (Å²) in [5.41, 5.74) is 17.5. The first kappa shape index (κ1) is 34.7. The van der Waals surface area contributed by atoms with Gasteiger partial charge in [-0.05, 0) is 120 Å². The van der Waals surface area contributed by atoms with Gasteiger partial charge >= 0.3 is 0 Å². The molecule has 0 N–H and O–H groups in total. The molecule has 0 bridgehead atoms. The quantitative estimate of drug-likeness (QED) is 0.157. The van der Waals surface area contributed by atoms with Crippen molar-refractivity contribution in [1.29, 1.82) is 0 Å². The van der Waals surface area contributed by atoms with Crippen LogP contribution in [0, 0.1) is 0 Å². The van der Waals surface area contributed by atoms with Crippen molar-refractivity contribution in [2.24, 2.45) is 0 Å². The first-order chi connectivity index (χ1) is 31.3.